The van der Waals surface area contributed by atoms with E-state index in [0.717, 1.165) is 62.2 Å². The van der Waals surface area contributed by atoms with Crippen LogP contribution in [0.1, 0.15) is 78.6 Å². The Labute approximate surface area is 173 Å². The van der Waals surface area contributed by atoms with E-state index in [1.54, 1.807) is 13.8 Å². The SMILES string of the molecule is CC1=CCC2=CC(CCCC(C)(C)F)=NC2C(N2C3CCCC2CC(N=O)C3)=N1. The van der Waals surface area contributed by atoms with Crippen LogP contribution in [0, 0.1) is 4.91 Å². The van der Waals surface area contributed by atoms with Crippen LogP contribution in [-0.4, -0.2) is 46.3 Å². The number of aliphatic imine (C=N–C) groups is 2. The number of amidine groups is 1. The highest BCUT2D eigenvalue weighted by atomic mass is 19.1. The predicted octanol–water partition coefficient (Wildman–Crippen LogP) is 5.51. The highest BCUT2D eigenvalue weighted by Crippen LogP contribution is 2.39. The van der Waals surface area contributed by atoms with Crippen molar-refractivity contribution in [1.29, 1.82) is 0 Å². The number of rotatable bonds is 5. The van der Waals surface area contributed by atoms with Gasteiger partial charge >= 0.3 is 0 Å². The molecule has 0 spiro atoms. The molecule has 4 heterocycles. The topological polar surface area (TPSA) is 57.4 Å². The molecule has 0 aromatic carbocycles. The molecular weight excluding hydrogens is 367 g/mol. The van der Waals surface area contributed by atoms with Gasteiger partial charge in [0, 0.05) is 23.5 Å². The van der Waals surface area contributed by atoms with Crippen molar-refractivity contribution < 1.29 is 4.39 Å². The van der Waals surface area contributed by atoms with Crippen LogP contribution >= 0.6 is 0 Å². The molecule has 4 aliphatic rings. The largest absolute Gasteiger partial charge is 0.352 e. The number of piperidine rings is 2. The molecule has 2 bridgehead atoms. The number of allylic oxidation sites excluding steroid dienone is 3. The number of nitroso groups, excluding NO2 is 1. The van der Waals surface area contributed by atoms with E-state index < -0.39 is 5.67 Å². The molecule has 29 heavy (non-hydrogen) atoms. The minimum absolute atomic E-state index is 0.0269. The van der Waals surface area contributed by atoms with Crippen molar-refractivity contribution in [2.75, 3.05) is 0 Å². The maximum absolute atomic E-state index is 13.8. The Kier molecular flexibility index (Phi) is 5.71. The van der Waals surface area contributed by atoms with Crippen molar-refractivity contribution in [2.24, 2.45) is 15.2 Å². The van der Waals surface area contributed by atoms with E-state index >= 15 is 0 Å². The van der Waals surface area contributed by atoms with Crippen molar-refractivity contribution in [3.8, 4) is 0 Å². The van der Waals surface area contributed by atoms with Crippen molar-refractivity contribution in [1.82, 2.24) is 4.90 Å². The van der Waals surface area contributed by atoms with Gasteiger partial charge in [-0.3, -0.25) is 4.99 Å². The Morgan fingerprint density at radius 2 is 2.00 bits per heavy atom. The maximum atomic E-state index is 13.8. The first-order valence-electron chi connectivity index (χ1n) is 11.2. The van der Waals surface area contributed by atoms with Crippen molar-refractivity contribution in [3.63, 3.8) is 0 Å². The van der Waals surface area contributed by atoms with Gasteiger partial charge in [-0.15, -0.1) is 0 Å². The lowest BCUT2D eigenvalue weighted by molar-refractivity contribution is 0.0960. The zero-order chi connectivity index (χ0) is 20.6. The van der Waals surface area contributed by atoms with Gasteiger partial charge in [-0.2, -0.15) is 4.91 Å². The third-order valence-electron chi connectivity index (χ3n) is 6.73. The smallest absolute Gasteiger partial charge is 0.134 e. The first-order chi connectivity index (χ1) is 13.8. The van der Waals surface area contributed by atoms with Crippen LogP contribution in [-0.2, 0) is 0 Å². The number of alkyl halides is 1. The molecule has 2 fully saturated rings. The number of fused-ring (bicyclic) bond motifs is 3. The standard InChI is InChI=1S/C23H33FN4O/c1-15-9-10-16-12-17(6-5-11-23(2,3)24)26-21(16)22(25-15)28-19-7-4-8-20(28)14-18(13-19)27-29/h9,12,18-21H,4-8,10-11,13-14H2,1-3H3. The third kappa shape index (κ3) is 4.51. The highest BCUT2D eigenvalue weighted by Gasteiger charge is 2.43. The monoisotopic (exact) mass is 400 g/mol. The minimum atomic E-state index is -1.13. The van der Waals surface area contributed by atoms with Crippen molar-refractivity contribution >= 4 is 11.5 Å². The molecule has 0 aromatic rings. The Bertz CT molecular complexity index is 762. The van der Waals surface area contributed by atoms with Crippen molar-refractivity contribution in [3.05, 3.63) is 28.3 Å². The molecule has 3 atom stereocenters. The molecule has 0 amide bonds. The molecule has 2 saturated heterocycles. The van der Waals surface area contributed by atoms with Gasteiger partial charge in [0.25, 0.3) is 0 Å². The summed E-state index contributed by atoms with van der Waals surface area (Å²) in [6.07, 6.45) is 12.5. The molecule has 158 valence electrons. The lowest BCUT2D eigenvalue weighted by Gasteiger charge is -2.49. The molecule has 0 aromatic heterocycles. The van der Waals surface area contributed by atoms with Gasteiger partial charge in [-0.1, -0.05) is 11.3 Å². The summed E-state index contributed by atoms with van der Waals surface area (Å²) in [4.78, 5) is 23.8. The van der Waals surface area contributed by atoms with Gasteiger partial charge < -0.3 is 4.90 Å². The number of halogens is 1. The molecule has 6 heteroatoms. The van der Waals surface area contributed by atoms with Gasteiger partial charge in [-0.05, 0) is 90.2 Å². The molecule has 0 radical (unpaired) electrons. The average Bonchev–Trinajstić information content (AvgIpc) is 2.98. The fourth-order valence-electron chi connectivity index (χ4n) is 5.36. The fourth-order valence-corrected chi connectivity index (χ4v) is 5.36. The van der Waals surface area contributed by atoms with Gasteiger partial charge in [0.15, 0.2) is 0 Å². The Hall–Kier alpha value is -1.85. The summed E-state index contributed by atoms with van der Waals surface area (Å²) in [7, 11) is 0. The zero-order valence-corrected chi connectivity index (χ0v) is 17.9. The predicted molar refractivity (Wildman–Crippen MR) is 116 cm³/mol. The molecule has 3 unspecified atom stereocenters. The highest BCUT2D eigenvalue weighted by molar-refractivity contribution is 6.04. The molecule has 0 aliphatic carbocycles. The normalized spacial score (nSPS) is 31.9. The number of hydrogen-bond acceptors (Lipinski definition) is 5. The summed E-state index contributed by atoms with van der Waals surface area (Å²) in [5.74, 6) is 1.06. The van der Waals surface area contributed by atoms with E-state index in [2.05, 4.69) is 29.2 Å². The number of hydrogen-bond donors (Lipinski definition) is 0. The van der Waals surface area contributed by atoms with E-state index in [-0.39, 0.29) is 12.1 Å². The van der Waals surface area contributed by atoms with E-state index in [0.29, 0.717) is 18.5 Å². The minimum Gasteiger partial charge on any atom is -0.352 e. The Morgan fingerprint density at radius 1 is 1.28 bits per heavy atom. The Balaban J connectivity index is 1.57. The second-order valence-electron chi connectivity index (χ2n) is 9.71. The summed E-state index contributed by atoms with van der Waals surface area (Å²) < 4.78 is 13.8. The lowest BCUT2D eigenvalue weighted by atomic mass is 9.81. The first-order valence-corrected chi connectivity index (χ1v) is 11.2. The van der Waals surface area contributed by atoms with Crippen LogP contribution < -0.4 is 0 Å². The van der Waals surface area contributed by atoms with E-state index in [9.17, 15) is 9.30 Å². The number of nitrogens with zero attached hydrogens (tertiary/aromatic N) is 4. The molecule has 4 aliphatic heterocycles. The van der Waals surface area contributed by atoms with Gasteiger partial charge in [-0.25, -0.2) is 9.38 Å². The van der Waals surface area contributed by atoms with Gasteiger partial charge in [0.1, 0.15) is 17.5 Å². The molecule has 0 saturated carbocycles. The second-order valence-corrected chi connectivity index (χ2v) is 9.71. The van der Waals surface area contributed by atoms with Crippen molar-refractivity contribution in [2.45, 2.75) is 108 Å². The van der Waals surface area contributed by atoms with Crippen LogP contribution in [0.4, 0.5) is 4.39 Å². The quantitative estimate of drug-likeness (QED) is 0.571. The molecular formula is C23H33FN4O. The van der Waals surface area contributed by atoms with E-state index in [1.807, 2.05) is 0 Å². The molecule has 4 rings (SSSR count). The van der Waals surface area contributed by atoms with E-state index in [1.165, 1.54) is 12.0 Å². The summed E-state index contributed by atoms with van der Waals surface area (Å²) in [6.45, 7) is 5.34. The fraction of sp³-hybridized carbons (Fsp3) is 0.739. The van der Waals surface area contributed by atoms with Gasteiger partial charge in [0.05, 0.1) is 6.04 Å². The van der Waals surface area contributed by atoms with Crippen LogP contribution in [0.3, 0.4) is 0 Å². The Morgan fingerprint density at radius 3 is 2.66 bits per heavy atom. The summed E-state index contributed by atoms with van der Waals surface area (Å²) in [6, 6.07) is 0.581. The van der Waals surface area contributed by atoms with Crippen LogP contribution in [0.2, 0.25) is 0 Å². The lowest BCUT2D eigenvalue weighted by Crippen LogP contribution is -2.57. The maximum Gasteiger partial charge on any atom is 0.134 e. The van der Waals surface area contributed by atoms with Crippen LogP contribution in [0.15, 0.2) is 38.6 Å². The first kappa shape index (κ1) is 20.4. The van der Waals surface area contributed by atoms with Crippen LogP contribution in [0.5, 0.6) is 0 Å². The van der Waals surface area contributed by atoms with E-state index in [4.69, 9.17) is 9.98 Å². The molecule has 0 N–H and O–H groups in total. The summed E-state index contributed by atoms with van der Waals surface area (Å²) >= 11 is 0. The van der Waals surface area contributed by atoms with Gasteiger partial charge in [0.2, 0.25) is 0 Å². The summed E-state index contributed by atoms with van der Waals surface area (Å²) in [5.41, 5.74) is 2.28. The average molecular weight is 401 g/mol. The third-order valence-corrected chi connectivity index (χ3v) is 6.73. The summed E-state index contributed by atoms with van der Waals surface area (Å²) in [5, 5.41) is 3.38. The zero-order valence-electron chi connectivity index (χ0n) is 17.9. The van der Waals surface area contributed by atoms with Crippen LogP contribution in [0.25, 0.3) is 0 Å². The second kappa shape index (κ2) is 8.11. The molecule has 5 nitrogen and oxygen atoms in total.